The summed E-state index contributed by atoms with van der Waals surface area (Å²) in [5.41, 5.74) is -2.98. The van der Waals surface area contributed by atoms with E-state index in [1.165, 1.54) is 0 Å². The first-order valence-corrected chi connectivity index (χ1v) is 16.9. The van der Waals surface area contributed by atoms with Gasteiger partial charge in [0.1, 0.15) is 41.3 Å². The molecular formula is C37H36O21. The van der Waals surface area contributed by atoms with E-state index < -0.39 is 153 Å². The zero-order valence-electron chi connectivity index (χ0n) is 32.0. The minimum atomic E-state index is -1.92. The molecule has 4 rings (SSSR count). The number of hydrogen-bond acceptors (Lipinski definition) is 21. The van der Waals surface area contributed by atoms with E-state index in [0.29, 0.717) is 0 Å². The van der Waals surface area contributed by atoms with Crippen LogP contribution in [0.3, 0.4) is 0 Å². The van der Waals surface area contributed by atoms with E-state index in [-0.39, 0.29) is 0 Å². The molecule has 0 spiro atoms. The highest BCUT2D eigenvalue weighted by atomic mass is 16.7. The molecule has 1 fully saturated rings. The Morgan fingerprint density at radius 3 is 1.66 bits per heavy atom. The number of phenols is 1. The maximum atomic E-state index is 14.3. The second-order valence-electron chi connectivity index (χ2n) is 12.4. The van der Waals surface area contributed by atoms with Crippen LogP contribution >= 0.6 is 0 Å². The summed E-state index contributed by atoms with van der Waals surface area (Å²) in [6.45, 7) is 7.08. The molecule has 5 atom stereocenters. The smallest absolute Gasteiger partial charge is 0.308 e. The number of rotatable bonds is 11. The minimum absolute atomic E-state index is 0.438. The van der Waals surface area contributed by atoms with Gasteiger partial charge in [-0.15, -0.1) is 0 Å². The molecule has 0 aliphatic carbocycles. The Kier molecular flexibility index (Phi) is 13.4. The second-order valence-corrected chi connectivity index (χ2v) is 12.4. The van der Waals surface area contributed by atoms with Gasteiger partial charge in [0.2, 0.25) is 11.2 Å². The molecule has 0 amide bonds. The molecule has 2 heterocycles. The first kappa shape index (κ1) is 43.7. The quantitative estimate of drug-likeness (QED) is 0.159. The zero-order valence-corrected chi connectivity index (χ0v) is 32.0. The van der Waals surface area contributed by atoms with Crippen molar-refractivity contribution in [2.45, 2.75) is 85.9 Å². The fourth-order valence-electron chi connectivity index (χ4n) is 5.91. The minimum Gasteiger partial charge on any atom is -0.504 e. The summed E-state index contributed by atoms with van der Waals surface area (Å²) < 4.78 is 54.8. The fraction of sp³-hybridized carbons (Fsp3) is 0.378. The molecule has 0 radical (unpaired) electrons. The first-order valence-electron chi connectivity index (χ1n) is 16.9. The van der Waals surface area contributed by atoms with E-state index in [4.69, 9.17) is 47.0 Å². The Hall–Kier alpha value is -7.03. The number of phenolic OH excluding ortho intramolecular Hbond substituents is 1. The maximum absolute atomic E-state index is 14.3. The molecule has 0 saturated carbocycles. The molecule has 0 unspecified atom stereocenters. The summed E-state index contributed by atoms with van der Waals surface area (Å²) in [6.07, 6.45) is -8.82. The summed E-state index contributed by atoms with van der Waals surface area (Å²) >= 11 is 0. The van der Waals surface area contributed by atoms with Crippen molar-refractivity contribution in [2.75, 3.05) is 6.61 Å². The number of hydrogen-bond donors (Lipinski definition) is 2. The van der Waals surface area contributed by atoms with Crippen molar-refractivity contribution in [2.24, 2.45) is 0 Å². The predicted octanol–water partition coefficient (Wildman–Crippen LogP) is 2.37. The van der Waals surface area contributed by atoms with Crippen molar-refractivity contribution in [3.63, 3.8) is 0 Å². The topological polar surface area (TPSA) is 290 Å². The predicted molar refractivity (Wildman–Crippen MR) is 187 cm³/mol. The lowest BCUT2D eigenvalue weighted by Gasteiger charge is -2.45. The highest BCUT2D eigenvalue weighted by Crippen LogP contribution is 2.50. The summed E-state index contributed by atoms with van der Waals surface area (Å²) in [7, 11) is 0. The van der Waals surface area contributed by atoms with Gasteiger partial charge in [0.15, 0.2) is 41.3 Å². The van der Waals surface area contributed by atoms with Crippen LogP contribution in [0.1, 0.15) is 67.1 Å². The number of aromatic hydroxyl groups is 2. The number of carbonyl (C=O) groups is 8. The molecule has 1 saturated heterocycles. The molecular weight excluding hydrogens is 780 g/mol. The molecule has 1 aromatic heterocycles. The van der Waals surface area contributed by atoms with Gasteiger partial charge in [-0.3, -0.25) is 43.2 Å². The van der Waals surface area contributed by atoms with Crippen LogP contribution in [0.15, 0.2) is 27.4 Å². The van der Waals surface area contributed by atoms with Crippen molar-refractivity contribution in [3.05, 3.63) is 34.0 Å². The molecule has 21 heteroatoms. The Morgan fingerprint density at radius 2 is 1.12 bits per heavy atom. The zero-order chi connectivity index (χ0) is 43.3. The third-order valence-electron chi connectivity index (χ3n) is 7.70. The Labute approximate surface area is 326 Å². The van der Waals surface area contributed by atoms with Crippen LogP contribution in [0.5, 0.6) is 34.5 Å². The third kappa shape index (κ3) is 10.0. The van der Waals surface area contributed by atoms with Gasteiger partial charge in [-0.25, -0.2) is 0 Å². The number of carbonyl (C=O) groups excluding carboxylic acids is 8. The third-order valence-corrected chi connectivity index (χ3v) is 7.70. The molecule has 1 aliphatic heterocycles. The van der Waals surface area contributed by atoms with E-state index in [9.17, 15) is 53.4 Å². The Bertz CT molecular complexity index is 2270. The van der Waals surface area contributed by atoms with Gasteiger partial charge in [0.05, 0.1) is 11.1 Å². The van der Waals surface area contributed by atoms with Crippen molar-refractivity contribution >= 4 is 58.7 Å². The van der Waals surface area contributed by atoms with Gasteiger partial charge in [-0.1, -0.05) is 0 Å². The van der Waals surface area contributed by atoms with Crippen LogP contribution in [0.4, 0.5) is 0 Å². The van der Waals surface area contributed by atoms with Gasteiger partial charge in [0.25, 0.3) is 0 Å². The molecule has 0 bridgehead atoms. The second kappa shape index (κ2) is 17.8. The van der Waals surface area contributed by atoms with Crippen LogP contribution < -0.4 is 24.4 Å². The first-order chi connectivity index (χ1) is 27.1. The highest BCUT2D eigenvalue weighted by Gasteiger charge is 2.54. The van der Waals surface area contributed by atoms with E-state index in [0.717, 1.165) is 73.6 Å². The van der Waals surface area contributed by atoms with Gasteiger partial charge in [-0.05, 0) is 6.07 Å². The van der Waals surface area contributed by atoms with E-state index in [1.807, 2.05) is 0 Å². The largest absolute Gasteiger partial charge is 0.504 e. The highest BCUT2D eigenvalue weighted by molar-refractivity contribution is 5.94. The van der Waals surface area contributed by atoms with E-state index >= 15 is 0 Å². The molecule has 21 nitrogen and oxygen atoms in total. The van der Waals surface area contributed by atoms with Crippen LogP contribution in [0.2, 0.25) is 0 Å². The van der Waals surface area contributed by atoms with Gasteiger partial charge in [0, 0.05) is 67.5 Å². The Morgan fingerprint density at radius 1 is 0.603 bits per heavy atom. The fourth-order valence-corrected chi connectivity index (χ4v) is 5.91. The van der Waals surface area contributed by atoms with E-state index in [1.54, 1.807) is 0 Å². The standard InChI is InChI=1S/C37H36O21/c1-13(38)49-12-27-33(53-17(5)42)36(55-19(7)44)37(56-20(8)45)35(58-27)29-26(52-16(4)41)11-25-28(34(29)54-18(6)43)30(47)31(48)32(57-25)21-9-24(51-15(3)40)22(46)10-23(21)50-14(2)39/h9-11,27,33,35-37,46,48H,12H2,1-8H3/t27-,33-,35+,36+,37+/m1/s1. The molecule has 2 aromatic carbocycles. The summed E-state index contributed by atoms with van der Waals surface area (Å²) in [4.78, 5) is 113. The lowest BCUT2D eigenvalue weighted by molar-refractivity contribution is -0.254. The number of fused-ring (bicyclic) bond motifs is 1. The van der Waals surface area contributed by atoms with Gasteiger partial charge in [-0.2, -0.15) is 0 Å². The van der Waals surface area contributed by atoms with Gasteiger partial charge >= 0.3 is 47.8 Å². The van der Waals surface area contributed by atoms with Crippen LogP contribution in [0.25, 0.3) is 22.3 Å². The van der Waals surface area contributed by atoms with Gasteiger partial charge < -0.3 is 57.3 Å². The monoisotopic (exact) mass is 816 g/mol. The lowest BCUT2D eigenvalue weighted by atomic mass is 9.88. The lowest BCUT2D eigenvalue weighted by Crippen LogP contribution is -2.59. The normalized spacial score (nSPS) is 18.6. The molecule has 2 N–H and O–H groups in total. The van der Waals surface area contributed by atoms with Crippen molar-refractivity contribution in [3.8, 4) is 45.8 Å². The summed E-state index contributed by atoms with van der Waals surface area (Å²) in [5, 5.41) is 21.1. The van der Waals surface area contributed by atoms with Crippen molar-refractivity contribution in [1.82, 2.24) is 0 Å². The van der Waals surface area contributed by atoms with Crippen LogP contribution in [0, 0.1) is 0 Å². The molecule has 58 heavy (non-hydrogen) atoms. The number of esters is 8. The average molecular weight is 817 g/mol. The number of ether oxygens (including phenoxy) is 9. The Balaban J connectivity index is 2.18. The van der Waals surface area contributed by atoms with Crippen LogP contribution in [-0.4, -0.2) is 89.0 Å². The number of benzene rings is 2. The maximum Gasteiger partial charge on any atom is 0.308 e. The SMILES string of the molecule is CC(=O)OC[C@H]1O[C@@H](c2c(OC(C)=O)cc3oc(-c4cc(OC(C)=O)c(O)cc4OC(C)=O)c(O)c(=O)c3c2OC(C)=O)[C@H](OC(C)=O)[C@@H](OC(C)=O)[C@@H]1OC(C)=O. The average Bonchev–Trinajstić information content (AvgIpc) is 3.07. The summed E-state index contributed by atoms with van der Waals surface area (Å²) in [6, 6.07) is 2.61. The molecule has 1 aliphatic rings. The molecule has 3 aromatic rings. The summed E-state index contributed by atoms with van der Waals surface area (Å²) in [5.74, 6) is -13.0. The van der Waals surface area contributed by atoms with E-state index in [2.05, 4.69) is 0 Å². The van der Waals surface area contributed by atoms with Crippen LogP contribution in [-0.2, 0) is 62.0 Å². The van der Waals surface area contributed by atoms with Crippen molar-refractivity contribution in [1.29, 1.82) is 0 Å². The van der Waals surface area contributed by atoms with Crippen molar-refractivity contribution < 1.29 is 95.6 Å². The molecule has 310 valence electrons.